The molecule has 1 amide bonds. The summed E-state index contributed by atoms with van der Waals surface area (Å²) < 4.78 is 0. The van der Waals surface area contributed by atoms with Crippen LogP contribution in [0, 0.1) is 11.8 Å². The van der Waals surface area contributed by atoms with E-state index in [4.69, 9.17) is 0 Å². The van der Waals surface area contributed by atoms with Crippen molar-refractivity contribution in [2.75, 3.05) is 5.75 Å². The van der Waals surface area contributed by atoms with Crippen LogP contribution in [0.1, 0.15) is 13.8 Å². The molecule has 2 nitrogen and oxygen atoms in total. The summed E-state index contributed by atoms with van der Waals surface area (Å²) in [6.45, 7) is 4.24. The van der Waals surface area contributed by atoms with Crippen molar-refractivity contribution in [1.82, 2.24) is 5.32 Å². The minimum absolute atomic E-state index is 0.248. The fourth-order valence-electron chi connectivity index (χ4n) is 1.99. The van der Waals surface area contributed by atoms with Crippen LogP contribution >= 0.6 is 11.8 Å². The molecule has 0 radical (unpaired) electrons. The quantitative estimate of drug-likeness (QED) is 0.586. The molecule has 0 saturated carbocycles. The monoisotopic (exact) mass is 171 g/mol. The maximum absolute atomic E-state index is 11.2. The van der Waals surface area contributed by atoms with Crippen LogP contribution in [0.25, 0.3) is 0 Å². The zero-order valence-electron chi connectivity index (χ0n) is 6.83. The van der Waals surface area contributed by atoms with Crippen molar-refractivity contribution in [1.29, 1.82) is 0 Å². The third-order valence-electron chi connectivity index (χ3n) is 2.88. The fourth-order valence-corrected chi connectivity index (χ4v) is 3.49. The van der Waals surface area contributed by atoms with Crippen molar-refractivity contribution in [3.05, 3.63) is 0 Å². The van der Waals surface area contributed by atoms with E-state index in [-0.39, 0.29) is 11.8 Å². The minimum Gasteiger partial charge on any atom is -0.352 e. The van der Waals surface area contributed by atoms with Crippen molar-refractivity contribution in [2.45, 2.75) is 25.1 Å². The van der Waals surface area contributed by atoms with E-state index in [1.165, 1.54) is 0 Å². The molecule has 0 aromatic carbocycles. The first-order valence-corrected chi connectivity index (χ1v) is 5.17. The molecule has 62 valence electrons. The van der Waals surface area contributed by atoms with Crippen LogP contribution < -0.4 is 5.32 Å². The Balaban J connectivity index is 2.18. The third kappa shape index (κ3) is 0.975. The van der Waals surface area contributed by atoms with Gasteiger partial charge in [-0.2, -0.15) is 11.8 Å². The van der Waals surface area contributed by atoms with Crippen LogP contribution in [0.2, 0.25) is 0 Å². The molecule has 0 aromatic rings. The molecule has 2 fully saturated rings. The highest BCUT2D eigenvalue weighted by atomic mass is 32.2. The van der Waals surface area contributed by atoms with E-state index in [2.05, 4.69) is 12.2 Å². The van der Waals surface area contributed by atoms with Gasteiger partial charge in [-0.1, -0.05) is 13.8 Å². The number of hydrogen-bond donors (Lipinski definition) is 1. The summed E-state index contributed by atoms with van der Waals surface area (Å²) in [5.74, 6) is 2.26. The molecule has 0 spiro atoms. The molecule has 3 heteroatoms. The second-order valence-corrected chi connectivity index (χ2v) is 4.94. The number of carbonyl (C=O) groups is 1. The van der Waals surface area contributed by atoms with Crippen LogP contribution in [0.3, 0.4) is 0 Å². The predicted octanol–water partition coefficient (Wildman–Crippen LogP) is 0.872. The second kappa shape index (κ2) is 2.41. The van der Waals surface area contributed by atoms with Gasteiger partial charge in [-0.05, 0) is 5.75 Å². The number of thioether (sulfide) groups is 1. The highest BCUT2D eigenvalue weighted by Gasteiger charge is 2.45. The van der Waals surface area contributed by atoms with Crippen LogP contribution in [-0.4, -0.2) is 23.0 Å². The Labute approximate surface area is 71.1 Å². The van der Waals surface area contributed by atoms with Crippen LogP contribution in [0.4, 0.5) is 0 Å². The van der Waals surface area contributed by atoms with Crippen LogP contribution in [0.5, 0.6) is 0 Å². The smallest absolute Gasteiger partial charge is 0.223 e. The molecule has 3 unspecified atom stereocenters. The lowest BCUT2D eigenvalue weighted by Crippen LogP contribution is -2.32. The molecule has 2 rings (SSSR count). The van der Waals surface area contributed by atoms with Gasteiger partial charge in [0.25, 0.3) is 0 Å². The average molecular weight is 171 g/mol. The Bertz CT molecular complexity index is 195. The largest absolute Gasteiger partial charge is 0.352 e. The molecule has 1 N–H and O–H groups in total. The van der Waals surface area contributed by atoms with E-state index in [0.717, 1.165) is 5.75 Å². The molecule has 11 heavy (non-hydrogen) atoms. The molecule has 2 heterocycles. The summed E-state index contributed by atoms with van der Waals surface area (Å²) in [4.78, 5) is 11.2. The highest BCUT2D eigenvalue weighted by molar-refractivity contribution is 8.00. The van der Waals surface area contributed by atoms with Crippen LogP contribution in [-0.2, 0) is 4.79 Å². The fraction of sp³-hybridized carbons (Fsp3) is 0.875. The van der Waals surface area contributed by atoms with Gasteiger partial charge in [-0.15, -0.1) is 0 Å². The zero-order chi connectivity index (χ0) is 8.01. The van der Waals surface area contributed by atoms with Crippen molar-refractivity contribution in [3.8, 4) is 0 Å². The Morgan fingerprint density at radius 2 is 2.27 bits per heavy atom. The van der Waals surface area contributed by atoms with E-state index < -0.39 is 0 Å². The maximum atomic E-state index is 11.2. The average Bonchev–Trinajstić information content (AvgIpc) is 2.43. The predicted molar refractivity (Wildman–Crippen MR) is 46.5 cm³/mol. The van der Waals surface area contributed by atoms with E-state index in [9.17, 15) is 4.79 Å². The number of rotatable bonds is 0. The number of carbonyl (C=O) groups excluding carboxylic acids is 1. The molecule has 0 aliphatic carbocycles. The van der Waals surface area contributed by atoms with Gasteiger partial charge in [0.1, 0.15) is 0 Å². The summed E-state index contributed by atoms with van der Waals surface area (Å²) in [7, 11) is 0. The molecular formula is C8H13NOS. The molecule has 2 aliphatic rings. The lowest BCUT2D eigenvalue weighted by molar-refractivity contribution is -0.122. The normalized spacial score (nSPS) is 49.1. The number of amides is 1. The third-order valence-corrected chi connectivity index (χ3v) is 4.28. The zero-order valence-corrected chi connectivity index (χ0v) is 7.65. The van der Waals surface area contributed by atoms with E-state index in [1.54, 1.807) is 0 Å². The first-order chi connectivity index (χ1) is 5.20. The van der Waals surface area contributed by atoms with Crippen LogP contribution in [0.15, 0.2) is 0 Å². The van der Waals surface area contributed by atoms with Crippen molar-refractivity contribution in [3.63, 3.8) is 0 Å². The Hall–Kier alpha value is -0.180. The molecule has 2 aliphatic heterocycles. The standard InChI is InChI=1S/C8H13NOS/c1-4-6-3-11-5(2)7(6)9-8(4)10/h4-7H,3H2,1-2H3,(H,9,10)/t4?,5?,6-,7?/m1/s1. The van der Waals surface area contributed by atoms with E-state index in [1.807, 2.05) is 18.7 Å². The lowest BCUT2D eigenvalue weighted by atomic mass is 9.93. The van der Waals surface area contributed by atoms with Crippen molar-refractivity contribution < 1.29 is 4.79 Å². The van der Waals surface area contributed by atoms with Gasteiger partial charge < -0.3 is 5.32 Å². The summed E-state index contributed by atoms with van der Waals surface area (Å²) >= 11 is 1.98. The number of fused-ring (bicyclic) bond motifs is 1. The molecule has 4 atom stereocenters. The Kier molecular flexibility index (Phi) is 1.63. The van der Waals surface area contributed by atoms with Gasteiger partial charge in [0.2, 0.25) is 5.91 Å². The summed E-state index contributed by atoms with van der Waals surface area (Å²) in [6.07, 6.45) is 0. The van der Waals surface area contributed by atoms with Gasteiger partial charge >= 0.3 is 0 Å². The van der Waals surface area contributed by atoms with E-state index in [0.29, 0.717) is 17.2 Å². The van der Waals surface area contributed by atoms with Gasteiger partial charge in [-0.3, -0.25) is 4.79 Å². The second-order valence-electron chi connectivity index (χ2n) is 3.53. The number of hydrogen-bond acceptors (Lipinski definition) is 2. The first kappa shape index (κ1) is 7.47. The molecule has 2 saturated heterocycles. The first-order valence-electron chi connectivity index (χ1n) is 4.12. The van der Waals surface area contributed by atoms with Crippen molar-refractivity contribution in [2.24, 2.45) is 11.8 Å². The van der Waals surface area contributed by atoms with Gasteiger partial charge in [0, 0.05) is 23.1 Å². The van der Waals surface area contributed by atoms with Gasteiger partial charge in [0.15, 0.2) is 0 Å². The topological polar surface area (TPSA) is 29.1 Å². The SMILES string of the molecule is CC1SC[C@@H]2C(C)C(=O)NC12. The maximum Gasteiger partial charge on any atom is 0.223 e. The van der Waals surface area contributed by atoms with Gasteiger partial charge in [0.05, 0.1) is 0 Å². The lowest BCUT2D eigenvalue weighted by Gasteiger charge is -2.12. The summed E-state index contributed by atoms with van der Waals surface area (Å²) in [5, 5.41) is 3.67. The Morgan fingerprint density at radius 1 is 1.55 bits per heavy atom. The van der Waals surface area contributed by atoms with Crippen molar-refractivity contribution >= 4 is 17.7 Å². The molecule has 0 bridgehead atoms. The number of nitrogens with one attached hydrogen (secondary N) is 1. The minimum atomic E-state index is 0.248. The highest BCUT2D eigenvalue weighted by Crippen LogP contribution is 2.39. The van der Waals surface area contributed by atoms with Gasteiger partial charge in [-0.25, -0.2) is 0 Å². The summed E-state index contributed by atoms with van der Waals surface area (Å²) in [6, 6.07) is 0.461. The molecular weight excluding hydrogens is 158 g/mol. The summed E-state index contributed by atoms with van der Waals surface area (Å²) in [5.41, 5.74) is 0. The Morgan fingerprint density at radius 3 is 2.91 bits per heavy atom. The molecule has 0 aromatic heterocycles. The van der Waals surface area contributed by atoms with E-state index >= 15 is 0 Å².